The van der Waals surface area contributed by atoms with Crippen molar-refractivity contribution < 1.29 is 0 Å². The third-order valence-corrected chi connectivity index (χ3v) is 4.25. The summed E-state index contributed by atoms with van der Waals surface area (Å²) in [6.45, 7) is 5.72. The maximum atomic E-state index is 12.5. The van der Waals surface area contributed by atoms with E-state index < -0.39 is 0 Å². The summed E-state index contributed by atoms with van der Waals surface area (Å²) in [6, 6.07) is 6.03. The molecule has 0 radical (unpaired) electrons. The zero-order valence-electron chi connectivity index (χ0n) is 11.2. The number of hydrogen-bond acceptors (Lipinski definition) is 2. The Morgan fingerprint density at radius 2 is 1.74 bits per heavy atom. The normalized spacial score (nSPS) is 14.4. The second-order valence-corrected chi connectivity index (χ2v) is 5.49. The Morgan fingerprint density at radius 3 is 2.37 bits per heavy atom. The summed E-state index contributed by atoms with van der Waals surface area (Å²) in [6.07, 6.45) is 2.14. The van der Waals surface area contributed by atoms with E-state index in [0.717, 1.165) is 31.6 Å². The van der Waals surface area contributed by atoms with Crippen LogP contribution >= 0.6 is 12.2 Å². The minimum atomic E-state index is -0.0204. The lowest BCUT2D eigenvalue weighted by atomic mass is 10.1. The molecule has 0 saturated carbocycles. The third-order valence-electron chi connectivity index (χ3n) is 3.85. The molecule has 2 heterocycles. The highest BCUT2D eigenvalue weighted by atomic mass is 32.1. The summed E-state index contributed by atoms with van der Waals surface area (Å²) in [7, 11) is 0. The number of rotatable bonds is 1. The first kappa shape index (κ1) is 12.4. The molecule has 0 fully saturated rings. The van der Waals surface area contributed by atoms with Gasteiger partial charge in [-0.25, -0.2) is 14.0 Å². The molecule has 0 atom stereocenters. The molecule has 0 bridgehead atoms. The van der Waals surface area contributed by atoms with Gasteiger partial charge in [-0.15, -0.1) is 0 Å². The maximum Gasteiger partial charge on any atom is 0.349 e. The van der Waals surface area contributed by atoms with Crippen molar-refractivity contribution in [2.75, 3.05) is 0 Å². The number of nitrogens with zero attached hydrogens (tertiary/aromatic N) is 3. The molecule has 4 nitrogen and oxygen atoms in total. The van der Waals surface area contributed by atoms with Crippen molar-refractivity contribution >= 4 is 12.2 Å². The van der Waals surface area contributed by atoms with E-state index in [0.29, 0.717) is 4.77 Å². The van der Waals surface area contributed by atoms with Crippen LogP contribution < -0.4 is 5.69 Å². The minimum absolute atomic E-state index is 0.0204. The van der Waals surface area contributed by atoms with Crippen LogP contribution in [0.25, 0.3) is 5.69 Å². The van der Waals surface area contributed by atoms with E-state index in [1.807, 2.05) is 22.9 Å². The van der Waals surface area contributed by atoms with Crippen molar-refractivity contribution in [2.24, 2.45) is 0 Å². The topological polar surface area (TPSA) is 31.9 Å². The van der Waals surface area contributed by atoms with Crippen molar-refractivity contribution in [1.29, 1.82) is 0 Å². The van der Waals surface area contributed by atoms with E-state index in [-0.39, 0.29) is 5.69 Å². The molecule has 1 aliphatic rings. The van der Waals surface area contributed by atoms with Crippen LogP contribution in [0.5, 0.6) is 0 Å². The lowest BCUT2D eigenvalue weighted by Crippen LogP contribution is -2.29. The summed E-state index contributed by atoms with van der Waals surface area (Å²) >= 11 is 5.46. The SMILES string of the molecule is Cc1ccc(-n2c(=O)n3n(c2=S)CCCC3)cc1C. The summed E-state index contributed by atoms with van der Waals surface area (Å²) in [5.74, 6) is 0. The second-order valence-electron chi connectivity index (χ2n) is 5.12. The Kier molecular flexibility index (Phi) is 2.93. The van der Waals surface area contributed by atoms with E-state index in [9.17, 15) is 4.79 Å². The molecule has 0 spiro atoms. The molecule has 1 aliphatic heterocycles. The lowest BCUT2D eigenvalue weighted by Gasteiger charge is -2.14. The molecule has 0 saturated heterocycles. The standard InChI is InChI=1S/C14H17N3OS/c1-10-5-6-12(9-11(10)2)17-13(18)15-7-3-4-8-16(15)14(17)19/h5-6,9H,3-4,7-8H2,1-2H3. The van der Waals surface area contributed by atoms with Crippen LogP contribution in [0.4, 0.5) is 0 Å². The largest absolute Gasteiger partial charge is 0.349 e. The van der Waals surface area contributed by atoms with Gasteiger partial charge in [-0.05, 0) is 62.2 Å². The lowest BCUT2D eigenvalue weighted by molar-refractivity contribution is 0.352. The van der Waals surface area contributed by atoms with Crippen LogP contribution in [0.15, 0.2) is 23.0 Å². The van der Waals surface area contributed by atoms with E-state index in [1.165, 1.54) is 11.1 Å². The third kappa shape index (κ3) is 1.89. The first-order valence-electron chi connectivity index (χ1n) is 6.60. The van der Waals surface area contributed by atoms with E-state index in [1.54, 1.807) is 9.25 Å². The zero-order chi connectivity index (χ0) is 13.6. The molecule has 3 rings (SSSR count). The monoisotopic (exact) mass is 275 g/mol. The van der Waals surface area contributed by atoms with Crippen molar-refractivity contribution in [2.45, 2.75) is 39.8 Å². The van der Waals surface area contributed by atoms with E-state index in [4.69, 9.17) is 12.2 Å². The number of fused-ring (bicyclic) bond motifs is 1. The van der Waals surface area contributed by atoms with Gasteiger partial charge in [0.05, 0.1) is 5.69 Å². The molecular formula is C14H17N3OS. The van der Waals surface area contributed by atoms with Crippen LogP contribution in [-0.2, 0) is 13.1 Å². The van der Waals surface area contributed by atoms with Crippen molar-refractivity contribution in [1.82, 2.24) is 13.9 Å². The van der Waals surface area contributed by atoms with Gasteiger partial charge in [0.25, 0.3) is 0 Å². The molecule has 0 unspecified atom stereocenters. The van der Waals surface area contributed by atoms with Gasteiger partial charge in [-0.3, -0.25) is 4.68 Å². The van der Waals surface area contributed by atoms with Gasteiger partial charge < -0.3 is 0 Å². The Balaban J connectivity index is 2.26. The summed E-state index contributed by atoms with van der Waals surface area (Å²) in [5.41, 5.74) is 3.24. The Labute approximate surface area is 116 Å². The van der Waals surface area contributed by atoms with Gasteiger partial charge in [0.15, 0.2) is 0 Å². The molecule has 0 N–H and O–H groups in total. The number of aryl methyl sites for hydroxylation is 2. The predicted octanol–water partition coefficient (Wildman–Crippen LogP) is 2.58. The van der Waals surface area contributed by atoms with E-state index in [2.05, 4.69) is 13.8 Å². The summed E-state index contributed by atoms with van der Waals surface area (Å²) in [5, 5.41) is 0. The smallest absolute Gasteiger partial charge is 0.256 e. The average molecular weight is 275 g/mol. The van der Waals surface area contributed by atoms with Gasteiger partial charge in [-0.1, -0.05) is 6.07 Å². The molecule has 5 heteroatoms. The fourth-order valence-corrected chi connectivity index (χ4v) is 2.93. The zero-order valence-corrected chi connectivity index (χ0v) is 12.0. The fourth-order valence-electron chi connectivity index (χ4n) is 2.56. The van der Waals surface area contributed by atoms with Crippen molar-refractivity contribution in [3.63, 3.8) is 0 Å². The number of hydrogen-bond donors (Lipinski definition) is 0. The van der Waals surface area contributed by atoms with Crippen LogP contribution in [0.3, 0.4) is 0 Å². The van der Waals surface area contributed by atoms with Gasteiger partial charge in [-0.2, -0.15) is 0 Å². The Bertz CT molecular complexity index is 714. The van der Waals surface area contributed by atoms with Gasteiger partial charge >= 0.3 is 5.69 Å². The van der Waals surface area contributed by atoms with Gasteiger partial charge in [0.1, 0.15) is 0 Å². The first-order valence-corrected chi connectivity index (χ1v) is 7.01. The Hall–Kier alpha value is -1.62. The predicted molar refractivity (Wildman–Crippen MR) is 77.6 cm³/mol. The van der Waals surface area contributed by atoms with Crippen LogP contribution in [0.1, 0.15) is 24.0 Å². The molecule has 1 aromatic heterocycles. The van der Waals surface area contributed by atoms with Crippen molar-refractivity contribution in [3.8, 4) is 5.69 Å². The highest BCUT2D eigenvalue weighted by Crippen LogP contribution is 2.15. The van der Waals surface area contributed by atoms with Gasteiger partial charge in [0.2, 0.25) is 4.77 Å². The molecule has 1 aromatic carbocycles. The minimum Gasteiger partial charge on any atom is -0.256 e. The summed E-state index contributed by atoms with van der Waals surface area (Å²) < 4.78 is 5.94. The van der Waals surface area contributed by atoms with Crippen LogP contribution in [0, 0.1) is 18.6 Å². The first-order chi connectivity index (χ1) is 9.09. The average Bonchev–Trinajstić information content (AvgIpc) is 2.66. The molecule has 19 heavy (non-hydrogen) atoms. The molecular weight excluding hydrogens is 258 g/mol. The highest BCUT2D eigenvalue weighted by molar-refractivity contribution is 7.71. The van der Waals surface area contributed by atoms with Gasteiger partial charge in [0, 0.05) is 13.1 Å². The molecule has 100 valence electrons. The number of benzene rings is 1. The number of aromatic nitrogens is 3. The fraction of sp³-hybridized carbons (Fsp3) is 0.429. The van der Waals surface area contributed by atoms with Crippen LogP contribution in [0.2, 0.25) is 0 Å². The van der Waals surface area contributed by atoms with Crippen molar-refractivity contribution in [3.05, 3.63) is 44.6 Å². The van der Waals surface area contributed by atoms with E-state index >= 15 is 0 Å². The molecule has 0 amide bonds. The molecule has 2 aromatic rings. The quantitative estimate of drug-likeness (QED) is 0.749. The van der Waals surface area contributed by atoms with Crippen LogP contribution in [-0.4, -0.2) is 13.9 Å². The highest BCUT2D eigenvalue weighted by Gasteiger charge is 2.17. The second kappa shape index (κ2) is 4.49. The maximum absolute atomic E-state index is 12.5. The molecule has 0 aliphatic carbocycles. The summed E-state index contributed by atoms with van der Waals surface area (Å²) in [4.78, 5) is 12.5. The Morgan fingerprint density at radius 1 is 1.05 bits per heavy atom.